The topological polar surface area (TPSA) is 55.2 Å². The van der Waals surface area contributed by atoms with Gasteiger partial charge < -0.3 is 0 Å². The molecule has 0 N–H and O–H groups in total. The Balaban J connectivity index is 1.71. The van der Waals surface area contributed by atoms with E-state index in [1.165, 1.54) is 0 Å². The molecule has 5 nitrogen and oxygen atoms in total. The third kappa shape index (κ3) is 4.93. The molecule has 6 heteroatoms. The highest BCUT2D eigenvalue weighted by Crippen LogP contribution is 2.29. The van der Waals surface area contributed by atoms with Gasteiger partial charge in [0.05, 0.1) is 0 Å². The molecule has 4 rings (SSSR count). The molecule has 0 aliphatic heterocycles. The van der Waals surface area contributed by atoms with Crippen molar-refractivity contribution in [2.45, 2.75) is 17.9 Å². The highest BCUT2D eigenvalue weighted by Gasteiger charge is 2.30. The van der Waals surface area contributed by atoms with E-state index < -0.39 is 10.0 Å². The van der Waals surface area contributed by atoms with Gasteiger partial charge in [-0.15, -0.1) is 0 Å². The van der Waals surface area contributed by atoms with Crippen molar-refractivity contribution in [2.75, 3.05) is 6.54 Å². The number of hydrogen-bond acceptors (Lipinski definition) is 3. The molecule has 1 aromatic heterocycles. The highest BCUT2D eigenvalue weighted by atomic mass is 32.2. The van der Waals surface area contributed by atoms with Crippen LogP contribution in [0.15, 0.2) is 102 Å². The van der Waals surface area contributed by atoms with Crippen LogP contribution in [0.2, 0.25) is 0 Å². The minimum absolute atomic E-state index is 0.227. The predicted octanol–water partition coefficient (Wildman–Crippen LogP) is 4.52. The maximum Gasteiger partial charge on any atom is 0.247 e. The molecule has 0 unspecified atom stereocenters. The van der Waals surface area contributed by atoms with Crippen molar-refractivity contribution in [1.82, 2.24) is 14.1 Å². The molecule has 0 spiro atoms. The summed E-state index contributed by atoms with van der Waals surface area (Å²) in [5, 5.41) is 4.47. The maximum atomic E-state index is 13.8. The van der Waals surface area contributed by atoms with Gasteiger partial charge in [0.25, 0.3) is 0 Å². The Labute approximate surface area is 183 Å². The SMILES string of the molecule is Cn1cc(S(=O)(=O)N(CCc2ccccc2)Cc2ccccc2)c(-c2ccccc2)n1. The van der Waals surface area contributed by atoms with E-state index in [0.29, 0.717) is 25.2 Å². The standard InChI is InChI=1S/C25H25N3O2S/c1-27-20-24(25(26-27)23-15-9-4-10-16-23)31(29,30)28(19-22-13-7-3-8-14-22)18-17-21-11-5-2-6-12-21/h2-16,20H,17-19H2,1H3. The van der Waals surface area contributed by atoms with Gasteiger partial charge in [-0.3, -0.25) is 4.68 Å². The monoisotopic (exact) mass is 431 g/mol. The summed E-state index contributed by atoms with van der Waals surface area (Å²) in [7, 11) is -2.03. The van der Waals surface area contributed by atoms with Gasteiger partial charge >= 0.3 is 0 Å². The Bertz CT molecular complexity index is 1220. The molecule has 158 valence electrons. The maximum absolute atomic E-state index is 13.8. The zero-order valence-corrected chi connectivity index (χ0v) is 18.2. The normalized spacial score (nSPS) is 11.7. The molecule has 0 amide bonds. The third-order valence-electron chi connectivity index (χ3n) is 5.15. The lowest BCUT2D eigenvalue weighted by Crippen LogP contribution is -2.32. The molecular weight excluding hydrogens is 406 g/mol. The molecule has 0 bridgehead atoms. The van der Waals surface area contributed by atoms with E-state index >= 15 is 0 Å². The number of aryl methyl sites for hydroxylation is 1. The molecule has 3 aromatic carbocycles. The van der Waals surface area contributed by atoms with Crippen molar-refractivity contribution in [3.63, 3.8) is 0 Å². The fraction of sp³-hybridized carbons (Fsp3) is 0.160. The molecule has 0 fully saturated rings. The molecule has 31 heavy (non-hydrogen) atoms. The number of sulfonamides is 1. The van der Waals surface area contributed by atoms with E-state index in [1.54, 1.807) is 22.2 Å². The van der Waals surface area contributed by atoms with Gasteiger partial charge in [-0.2, -0.15) is 9.40 Å². The second-order valence-electron chi connectivity index (χ2n) is 7.44. The Morgan fingerprint density at radius 3 is 1.97 bits per heavy atom. The quantitative estimate of drug-likeness (QED) is 0.412. The molecule has 1 heterocycles. The summed E-state index contributed by atoms with van der Waals surface area (Å²) in [6, 6.07) is 29.1. The number of hydrogen-bond donors (Lipinski definition) is 0. The van der Waals surface area contributed by atoms with Gasteiger partial charge in [0.2, 0.25) is 10.0 Å². The van der Waals surface area contributed by atoms with Crippen LogP contribution in [0, 0.1) is 0 Å². The van der Waals surface area contributed by atoms with Crippen molar-refractivity contribution < 1.29 is 8.42 Å². The van der Waals surface area contributed by atoms with Gasteiger partial charge in [-0.1, -0.05) is 91.0 Å². The summed E-state index contributed by atoms with van der Waals surface area (Å²) >= 11 is 0. The van der Waals surface area contributed by atoms with Crippen molar-refractivity contribution in [3.05, 3.63) is 108 Å². The average molecular weight is 432 g/mol. The summed E-state index contributed by atoms with van der Waals surface area (Å²) < 4.78 is 30.8. The summed E-state index contributed by atoms with van der Waals surface area (Å²) in [6.07, 6.45) is 2.23. The van der Waals surface area contributed by atoms with Crippen LogP contribution in [0.5, 0.6) is 0 Å². The zero-order chi connectivity index (χ0) is 21.7. The van der Waals surface area contributed by atoms with Crippen molar-refractivity contribution in [3.8, 4) is 11.3 Å². The molecule has 0 aliphatic carbocycles. The number of nitrogens with zero attached hydrogens (tertiary/aromatic N) is 3. The zero-order valence-electron chi connectivity index (χ0n) is 17.4. The fourth-order valence-corrected chi connectivity index (χ4v) is 5.18. The van der Waals surface area contributed by atoms with E-state index in [9.17, 15) is 8.42 Å². The molecule has 0 atom stereocenters. The second-order valence-corrected chi connectivity index (χ2v) is 9.35. The predicted molar refractivity (Wildman–Crippen MR) is 123 cm³/mol. The fourth-order valence-electron chi connectivity index (χ4n) is 3.56. The van der Waals surface area contributed by atoms with E-state index in [2.05, 4.69) is 5.10 Å². The molecule has 0 radical (unpaired) electrons. The van der Waals surface area contributed by atoms with Gasteiger partial charge in [0, 0.05) is 31.9 Å². The van der Waals surface area contributed by atoms with E-state index in [0.717, 1.165) is 16.7 Å². The lowest BCUT2D eigenvalue weighted by molar-refractivity contribution is 0.409. The minimum Gasteiger partial charge on any atom is -0.274 e. The molecule has 4 aromatic rings. The first-order valence-electron chi connectivity index (χ1n) is 10.2. The van der Waals surface area contributed by atoms with E-state index in [1.807, 2.05) is 91.0 Å². The van der Waals surface area contributed by atoms with Crippen LogP contribution in [0.3, 0.4) is 0 Å². The lowest BCUT2D eigenvalue weighted by Gasteiger charge is -2.22. The van der Waals surface area contributed by atoms with Gasteiger partial charge in [-0.05, 0) is 17.5 Å². The van der Waals surface area contributed by atoms with Gasteiger partial charge in [0.1, 0.15) is 10.6 Å². The number of aromatic nitrogens is 2. The average Bonchev–Trinajstić information content (AvgIpc) is 3.21. The van der Waals surface area contributed by atoms with E-state index in [-0.39, 0.29) is 4.90 Å². The molecule has 0 saturated carbocycles. The first kappa shape index (κ1) is 21.0. The van der Waals surface area contributed by atoms with Crippen molar-refractivity contribution >= 4 is 10.0 Å². The largest absolute Gasteiger partial charge is 0.274 e. The minimum atomic E-state index is -3.78. The number of benzene rings is 3. The Morgan fingerprint density at radius 2 is 1.35 bits per heavy atom. The van der Waals surface area contributed by atoms with Gasteiger partial charge in [-0.25, -0.2) is 8.42 Å². The van der Waals surface area contributed by atoms with Crippen LogP contribution >= 0.6 is 0 Å². The molecule has 0 saturated heterocycles. The summed E-state index contributed by atoms with van der Waals surface area (Å²) in [6.45, 7) is 0.684. The van der Waals surface area contributed by atoms with Crippen LogP contribution in [0.1, 0.15) is 11.1 Å². The number of rotatable bonds is 8. The second kappa shape index (κ2) is 9.29. The van der Waals surface area contributed by atoms with Crippen LogP contribution in [0.25, 0.3) is 11.3 Å². The van der Waals surface area contributed by atoms with Crippen LogP contribution in [-0.4, -0.2) is 29.0 Å². The van der Waals surface area contributed by atoms with Crippen LogP contribution in [0.4, 0.5) is 0 Å². The summed E-state index contributed by atoms with van der Waals surface area (Å²) in [5.74, 6) is 0. The first-order chi connectivity index (χ1) is 15.0. The molecule has 0 aliphatic rings. The Kier molecular flexibility index (Phi) is 6.30. The van der Waals surface area contributed by atoms with Crippen molar-refractivity contribution in [1.29, 1.82) is 0 Å². The van der Waals surface area contributed by atoms with E-state index in [4.69, 9.17) is 0 Å². The Morgan fingerprint density at radius 1 is 0.806 bits per heavy atom. The van der Waals surface area contributed by atoms with Crippen LogP contribution in [-0.2, 0) is 30.0 Å². The van der Waals surface area contributed by atoms with Gasteiger partial charge in [0.15, 0.2) is 0 Å². The first-order valence-corrected chi connectivity index (χ1v) is 11.6. The highest BCUT2D eigenvalue weighted by molar-refractivity contribution is 7.89. The smallest absolute Gasteiger partial charge is 0.247 e. The molecular formula is C25H25N3O2S. The van der Waals surface area contributed by atoms with Crippen LogP contribution < -0.4 is 0 Å². The van der Waals surface area contributed by atoms with Crippen molar-refractivity contribution in [2.24, 2.45) is 7.05 Å². The Hall–Kier alpha value is -3.22. The lowest BCUT2D eigenvalue weighted by atomic mass is 10.1. The summed E-state index contributed by atoms with van der Waals surface area (Å²) in [5.41, 5.74) is 3.31. The third-order valence-corrected chi connectivity index (χ3v) is 7.00. The summed E-state index contributed by atoms with van der Waals surface area (Å²) in [4.78, 5) is 0.227.